The number of urea groups is 1. The minimum Gasteiger partial charge on any atom is -0.323 e. The van der Waals surface area contributed by atoms with Gasteiger partial charge in [0.1, 0.15) is 5.54 Å². The van der Waals surface area contributed by atoms with Gasteiger partial charge in [0.15, 0.2) is 0 Å². The zero-order chi connectivity index (χ0) is 17.1. The minimum absolute atomic E-state index is 0.142. The van der Waals surface area contributed by atoms with Gasteiger partial charge in [0, 0.05) is 6.20 Å². The van der Waals surface area contributed by atoms with Crippen LogP contribution in [-0.4, -0.2) is 22.5 Å². The molecule has 1 N–H and O–H groups in total. The monoisotopic (exact) mass is 339 g/mol. The average Bonchev–Trinajstić information content (AvgIpc) is 2.67. The van der Waals surface area contributed by atoms with E-state index in [4.69, 9.17) is 0 Å². The van der Waals surface area contributed by atoms with Gasteiger partial charge in [-0.05, 0) is 30.7 Å². The second-order valence-corrected chi connectivity index (χ2v) is 6.94. The maximum Gasteiger partial charge on any atom is 0.417 e. The first kappa shape index (κ1) is 15.4. The smallest absolute Gasteiger partial charge is 0.323 e. The normalized spacial score (nSPS) is 30.3. The molecule has 3 amide bonds. The summed E-state index contributed by atoms with van der Waals surface area (Å²) in [5.41, 5.74) is -2.07. The highest BCUT2D eigenvalue weighted by Gasteiger charge is 2.60. The van der Waals surface area contributed by atoms with Crippen LogP contribution in [0.5, 0.6) is 0 Å². The summed E-state index contributed by atoms with van der Waals surface area (Å²) in [6.07, 6.45) is 1.87. The van der Waals surface area contributed by atoms with Crippen LogP contribution in [0.15, 0.2) is 18.5 Å². The number of hydrogen-bond donors (Lipinski definition) is 1. The van der Waals surface area contributed by atoms with Gasteiger partial charge in [0.05, 0.1) is 17.4 Å². The molecule has 1 saturated heterocycles. The minimum atomic E-state index is -4.58. The molecule has 3 aliphatic rings. The van der Waals surface area contributed by atoms with E-state index < -0.39 is 29.2 Å². The van der Waals surface area contributed by atoms with Gasteiger partial charge in [0.25, 0.3) is 5.91 Å². The molecule has 1 aromatic rings. The van der Waals surface area contributed by atoms with Crippen LogP contribution < -0.4 is 10.2 Å². The first-order chi connectivity index (χ1) is 11.3. The molecule has 2 aliphatic carbocycles. The van der Waals surface area contributed by atoms with Crippen molar-refractivity contribution in [2.75, 3.05) is 4.90 Å². The van der Waals surface area contributed by atoms with Gasteiger partial charge in [-0.2, -0.15) is 13.2 Å². The molecule has 1 aromatic heterocycles. The Labute approximate surface area is 136 Å². The van der Waals surface area contributed by atoms with Gasteiger partial charge in [-0.15, -0.1) is 0 Å². The summed E-state index contributed by atoms with van der Waals surface area (Å²) in [5, 5.41) is 2.68. The highest BCUT2D eigenvalue weighted by Crippen LogP contribution is 2.51. The van der Waals surface area contributed by atoms with Crippen molar-refractivity contribution >= 4 is 17.6 Å². The third kappa shape index (κ3) is 2.19. The van der Waals surface area contributed by atoms with E-state index in [0.717, 1.165) is 30.0 Å². The van der Waals surface area contributed by atoms with Gasteiger partial charge in [-0.25, -0.2) is 9.69 Å². The lowest BCUT2D eigenvalue weighted by Crippen LogP contribution is -2.59. The number of pyridine rings is 1. The molecule has 0 radical (unpaired) electrons. The number of aromatic nitrogens is 1. The molecule has 5 nitrogen and oxygen atoms in total. The van der Waals surface area contributed by atoms with Crippen LogP contribution >= 0.6 is 0 Å². The predicted molar refractivity (Wildman–Crippen MR) is 78.1 cm³/mol. The van der Waals surface area contributed by atoms with Crippen molar-refractivity contribution in [1.82, 2.24) is 10.3 Å². The number of nitrogens with one attached hydrogen (secondary N) is 1. The molecule has 24 heavy (non-hydrogen) atoms. The van der Waals surface area contributed by atoms with Crippen LogP contribution in [-0.2, 0) is 11.0 Å². The topological polar surface area (TPSA) is 62.3 Å². The fourth-order valence-corrected chi connectivity index (χ4v) is 3.92. The Morgan fingerprint density at radius 2 is 1.88 bits per heavy atom. The molecule has 0 unspecified atom stereocenters. The highest BCUT2D eigenvalue weighted by molar-refractivity contribution is 6.23. The van der Waals surface area contributed by atoms with Crippen LogP contribution in [0.1, 0.15) is 37.7 Å². The zero-order valence-corrected chi connectivity index (χ0v) is 12.8. The number of carbonyl (C=O) groups excluding carboxylic acids is 2. The Bertz CT molecular complexity index is 709. The molecule has 1 aliphatic heterocycles. The van der Waals surface area contributed by atoms with Crippen molar-refractivity contribution in [2.45, 2.75) is 43.8 Å². The largest absolute Gasteiger partial charge is 0.417 e. The summed E-state index contributed by atoms with van der Waals surface area (Å²) in [6.45, 7) is 0. The van der Waals surface area contributed by atoms with Crippen molar-refractivity contribution in [3.05, 3.63) is 24.0 Å². The number of rotatable bonds is 2. The van der Waals surface area contributed by atoms with Crippen molar-refractivity contribution in [3.8, 4) is 0 Å². The molecule has 0 atom stereocenters. The second-order valence-electron chi connectivity index (χ2n) is 6.94. The number of carbonyl (C=O) groups is 2. The molecule has 2 saturated carbocycles. The maximum atomic E-state index is 12.8. The molecule has 0 aromatic carbocycles. The Morgan fingerprint density at radius 1 is 1.17 bits per heavy atom. The van der Waals surface area contributed by atoms with Crippen LogP contribution in [0.4, 0.5) is 23.7 Å². The van der Waals surface area contributed by atoms with E-state index in [1.54, 1.807) is 0 Å². The van der Waals surface area contributed by atoms with Crippen LogP contribution in [0.2, 0.25) is 0 Å². The molecule has 1 spiro atoms. The fourth-order valence-electron chi connectivity index (χ4n) is 3.92. The standard InChI is InChI=1S/C16H16F3N3O2/c17-16(18,19)11-4-12(8-20-7-11)22-13(23)15(21-14(22)24)5-10(6-15)9-2-1-3-9/h4,7-10H,1-3,5-6H2,(H,21,24). The van der Waals surface area contributed by atoms with E-state index in [0.29, 0.717) is 30.9 Å². The first-order valence-corrected chi connectivity index (χ1v) is 7.99. The highest BCUT2D eigenvalue weighted by atomic mass is 19.4. The van der Waals surface area contributed by atoms with E-state index in [9.17, 15) is 22.8 Å². The van der Waals surface area contributed by atoms with E-state index in [-0.39, 0.29) is 5.69 Å². The number of imide groups is 1. The van der Waals surface area contributed by atoms with Crippen LogP contribution in [0.3, 0.4) is 0 Å². The number of hydrogen-bond acceptors (Lipinski definition) is 3. The lowest BCUT2D eigenvalue weighted by atomic mass is 9.58. The molecule has 0 bridgehead atoms. The Balaban J connectivity index is 1.57. The van der Waals surface area contributed by atoms with Crippen LogP contribution in [0.25, 0.3) is 0 Å². The van der Waals surface area contributed by atoms with Crippen molar-refractivity contribution in [2.24, 2.45) is 11.8 Å². The second kappa shape index (κ2) is 4.94. The quantitative estimate of drug-likeness (QED) is 0.842. The number of nitrogens with zero attached hydrogens (tertiary/aromatic N) is 2. The number of anilines is 1. The first-order valence-electron chi connectivity index (χ1n) is 7.99. The molecule has 8 heteroatoms. The summed E-state index contributed by atoms with van der Waals surface area (Å²) >= 11 is 0. The van der Waals surface area contributed by atoms with Gasteiger partial charge in [0.2, 0.25) is 0 Å². The fraction of sp³-hybridized carbons (Fsp3) is 0.562. The predicted octanol–water partition coefficient (Wildman–Crippen LogP) is 3.11. The average molecular weight is 339 g/mol. The summed E-state index contributed by atoms with van der Waals surface area (Å²) < 4.78 is 38.5. The summed E-state index contributed by atoms with van der Waals surface area (Å²) in [6, 6.07) is 0.110. The van der Waals surface area contributed by atoms with Gasteiger partial charge in [-0.3, -0.25) is 9.78 Å². The third-order valence-electron chi connectivity index (χ3n) is 5.51. The van der Waals surface area contributed by atoms with Gasteiger partial charge < -0.3 is 5.32 Å². The lowest BCUT2D eigenvalue weighted by molar-refractivity contribution is -0.138. The lowest BCUT2D eigenvalue weighted by Gasteiger charge is -2.49. The SMILES string of the molecule is O=C1NC2(CC(C3CCC3)C2)C(=O)N1c1cncc(C(F)(F)F)c1. The Morgan fingerprint density at radius 3 is 2.46 bits per heavy atom. The summed E-state index contributed by atoms with van der Waals surface area (Å²) in [5.74, 6) is 0.566. The van der Waals surface area contributed by atoms with Crippen molar-refractivity contribution in [1.29, 1.82) is 0 Å². The number of halogens is 3. The van der Waals surface area contributed by atoms with E-state index >= 15 is 0 Å². The van der Waals surface area contributed by atoms with Crippen LogP contribution in [0, 0.1) is 11.8 Å². The number of alkyl halides is 3. The zero-order valence-electron chi connectivity index (χ0n) is 12.8. The van der Waals surface area contributed by atoms with Gasteiger partial charge >= 0.3 is 12.2 Å². The van der Waals surface area contributed by atoms with E-state index in [2.05, 4.69) is 10.3 Å². The Hall–Kier alpha value is -2.12. The molecule has 2 heterocycles. The molecular formula is C16H16F3N3O2. The third-order valence-corrected chi connectivity index (χ3v) is 5.51. The van der Waals surface area contributed by atoms with Gasteiger partial charge in [-0.1, -0.05) is 19.3 Å². The molecule has 4 rings (SSSR count). The van der Waals surface area contributed by atoms with E-state index in [1.165, 1.54) is 6.42 Å². The summed E-state index contributed by atoms with van der Waals surface area (Å²) in [7, 11) is 0. The maximum absolute atomic E-state index is 12.8. The number of amides is 3. The van der Waals surface area contributed by atoms with Crippen molar-refractivity contribution < 1.29 is 22.8 Å². The summed E-state index contributed by atoms with van der Waals surface area (Å²) in [4.78, 5) is 29.2. The Kier molecular flexibility index (Phi) is 3.17. The van der Waals surface area contributed by atoms with Crippen molar-refractivity contribution in [3.63, 3.8) is 0 Å². The molecule has 128 valence electrons. The van der Waals surface area contributed by atoms with E-state index in [1.807, 2.05) is 0 Å². The molecular weight excluding hydrogens is 323 g/mol. The molecule has 3 fully saturated rings.